The summed E-state index contributed by atoms with van der Waals surface area (Å²) < 4.78 is 10.3. The molecule has 1 aromatic heterocycles. The smallest absolute Gasteiger partial charge is 0.343 e. The Balaban J connectivity index is 1.69. The van der Waals surface area contributed by atoms with Crippen molar-refractivity contribution in [3.63, 3.8) is 0 Å². The number of phenols is 1. The first-order valence-electron chi connectivity index (χ1n) is 7.76. The highest BCUT2D eigenvalue weighted by molar-refractivity contribution is 5.90. The second kappa shape index (κ2) is 7.09. The quantitative estimate of drug-likeness (QED) is 0.421. The van der Waals surface area contributed by atoms with Crippen molar-refractivity contribution in [2.45, 2.75) is 12.8 Å². The van der Waals surface area contributed by atoms with Crippen LogP contribution in [0.5, 0.6) is 11.5 Å². The first-order chi connectivity index (χ1) is 12.1. The minimum absolute atomic E-state index is 0.0461. The average Bonchev–Trinajstić information content (AvgIpc) is 2.61. The van der Waals surface area contributed by atoms with Crippen LogP contribution in [0.2, 0.25) is 0 Å². The Labute approximate surface area is 142 Å². The number of aromatic hydroxyl groups is 2. The summed E-state index contributed by atoms with van der Waals surface area (Å²) in [5.74, 6) is -0.928. The summed E-state index contributed by atoms with van der Waals surface area (Å²) in [5.41, 5.74) is -0.0722. The lowest BCUT2D eigenvalue weighted by Crippen LogP contribution is -2.11. The van der Waals surface area contributed by atoms with Gasteiger partial charge < -0.3 is 19.4 Å². The van der Waals surface area contributed by atoms with E-state index in [9.17, 15) is 19.8 Å². The van der Waals surface area contributed by atoms with E-state index in [1.807, 2.05) is 0 Å². The molecule has 0 amide bonds. The lowest BCUT2D eigenvalue weighted by Gasteiger charge is -2.08. The highest BCUT2D eigenvalue weighted by atomic mass is 16.5. The fourth-order valence-corrected chi connectivity index (χ4v) is 2.54. The Morgan fingerprint density at radius 1 is 1.04 bits per heavy atom. The predicted octanol–water partition coefficient (Wildman–Crippen LogP) is 2.99. The molecule has 25 heavy (non-hydrogen) atoms. The molecule has 0 aliphatic rings. The molecule has 0 fully saturated rings. The fraction of sp³-hybridized carbons (Fsp3) is 0.158. The molecule has 1 heterocycles. The van der Waals surface area contributed by atoms with Gasteiger partial charge in [-0.05, 0) is 37.1 Å². The molecule has 6 heteroatoms. The summed E-state index contributed by atoms with van der Waals surface area (Å²) in [5, 5.41) is 20.2. The van der Waals surface area contributed by atoms with Gasteiger partial charge in [-0.3, -0.25) is 0 Å². The maximum atomic E-state index is 12.0. The van der Waals surface area contributed by atoms with E-state index < -0.39 is 11.6 Å². The van der Waals surface area contributed by atoms with Gasteiger partial charge in [-0.15, -0.1) is 0 Å². The largest absolute Gasteiger partial charge is 0.507 e. The zero-order valence-electron chi connectivity index (χ0n) is 13.3. The van der Waals surface area contributed by atoms with Crippen LogP contribution in [0.3, 0.4) is 0 Å². The number of phenolic OH excluding ortho intramolecular Hbond substituents is 1. The van der Waals surface area contributed by atoms with Gasteiger partial charge in [0.25, 0.3) is 0 Å². The zero-order valence-corrected chi connectivity index (χ0v) is 13.3. The summed E-state index contributed by atoms with van der Waals surface area (Å²) in [4.78, 5) is 23.8. The maximum Gasteiger partial charge on any atom is 0.343 e. The van der Waals surface area contributed by atoms with Crippen LogP contribution in [-0.4, -0.2) is 22.8 Å². The van der Waals surface area contributed by atoms with E-state index in [1.165, 1.54) is 18.2 Å². The minimum atomic E-state index is -0.676. The molecule has 128 valence electrons. The molecule has 0 saturated carbocycles. The Bertz CT molecular complexity index is 959. The van der Waals surface area contributed by atoms with Crippen molar-refractivity contribution in [2.24, 2.45) is 0 Å². The minimum Gasteiger partial charge on any atom is -0.507 e. The molecule has 0 saturated heterocycles. The van der Waals surface area contributed by atoms with Gasteiger partial charge in [-0.25, -0.2) is 9.59 Å². The van der Waals surface area contributed by atoms with Crippen molar-refractivity contribution in [2.75, 3.05) is 6.61 Å². The normalized spacial score (nSPS) is 10.7. The van der Waals surface area contributed by atoms with Crippen LogP contribution in [0.25, 0.3) is 11.0 Å². The van der Waals surface area contributed by atoms with E-state index in [-0.39, 0.29) is 41.1 Å². The average molecular weight is 340 g/mol. The van der Waals surface area contributed by atoms with Crippen LogP contribution in [0.4, 0.5) is 0 Å². The molecule has 0 aliphatic carbocycles. The summed E-state index contributed by atoms with van der Waals surface area (Å²) in [6.45, 7) is 0.0887. The summed E-state index contributed by atoms with van der Waals surface area (Å²) in [7, 11) is 0. The van der Waals surface area contributed by atoms with Crippen molar-refractivity contribution in [3.05, 3.63) is 70.1 Å². The fourth-order valence-electron chi connectivity index (χ4n) is 2.54. The monoisotopic (exact) mass is 340 g/mol. The molecular formula is C19H16O6. The summed E-state index contributed by atoms with van der Waals surface area (Å²) in [6, 6.07) is 13.0. The Kier molecular flexibility index (Phi) is 4.70. The molecule has 6 nitrogen and oxygen atoms in total. The topological polar surface area (TPSA) is 97.0 Å². The molecular weight excluding hydrogens is 324 g/mol. The molecule has 2 N–H and O–H groups in total. The van der Waals surface area contributed by atoms with Crippen LogP contribution >= 0.6 is 0 Å². The number of hydrogen-bond acceptors (Lipinski definition) is 6. The Morgan fingerprint density at radius 2 is 1.80 bits per heavy atom. The van der Waals surface area contributed by atoms with Gasteiger partial charge in [0.05, 0.1) is 17.7 Å². The van der Waals surface area contributed by atoms with Gasteiger partial charge in [-0.2, -0.15) is 0 Å². The summed E-state index contributed by atoms with van der Waals surface area (Å²) >= 11 is 0. The van der Waals surface area contributed by atoms with Crippen LogP contribution < -0.4 is 5.63 Å². The van der Waals surface area contributed by atoms with Crippen molar-refractivity contribution < 1.29 is 24.2 Å². The number of hydrogen-bond donors (Lipinski definition) is 2. The van der Waals surface area contributed by atoms with Crippen LogP contribution in [-0.2, 0) is 11.2 Å². The molecule has 0 unspecified atom stereocenters. The number of ether oxygens (including phenoxy) is 1. The number of fused-ring (bicyclic) bond motifs is 1. The van der Waals surface area contributed by atoms with E-state index in [0.717, 1.165) is 0 Å². The molecule has 0 aliphatic heterocycles. The van der Waals surface area contributed by atoms with E-state index >= 15 is 0 Å². The number of carbonyl (C=O) groups is 1. The van der Waals surface area contributed by atoms with Gasteiger partial charge in [0.2, 0.25) is 0 Å². The standard InChI is InChI=1S/C19H16O6/c20-14-9-4-10-15-16(14)17(21)13(19(23)25-15)8-5-11-24-18(22)12-6-2-1-3-7-12/h1-4,6-7,9-10,20-21H,5,8,11H2. The molecule has 0 spiro atoms. The van der Waals surface area contributed by atoms with E-state index in [2.05, 4.69) is 0 Å². The van der Waals surface area contributed by atoms with Crippen molar-refractivity contribution >= 4 is 16.9 Å². The lowest BCUT2D eigenvalue weighted by atomic mass is 10.1. The van der Waals surface area contributed by atoms with Gasteiger partial charge in [0, 0.05) is 0 Å². The van der Waals surface area contributed by atoms with Crippen molar-refractivity contribution in [3.8, 4) is 11.5 Å². The predicted molar refractivity (Wildman–Crippen MR) is 90.9 cm³/mol. The van der Waals surface area contributed by atoms with Crippen LogP contribution in [0, 0.1) is 0 Å². The number of carbonyl (C=O) groups excluding carboxylic acids is 1. The van der Waals surface area contributed by atoms with Gasteiger partial charge in [0.15, 0.2) is 0 Å². The van der Waals surface area contributed by atoms with E-state index in [0.29, 0.717) is 12.0 Å². The van der Waals surface area contributed by atoms with E-state index in [4.69, 9.17) is 9.15 Å². The van der Waals surface area contributed by atoms with Crippen molar-refractivity contribution in [1.82, 2.24) is 0 Å². The maximum absolute atomic E-state index is 12.0. The van der Waals surface area contributed by atoms with Gasteiger partial charge in [-0.1, -0.05) is 24.3 Å². The third kappa shape index (κ3) is 3.47. The lowest BCUT2D eigenvalue weighted by molar-refractivity contribution is 0.0500. The molecule has 0 bridgehead atoms. The van der Waals surface area contributed by atoms with Crippen LogP contribution in [0.15, 0.2) is 57.7 Å². The number of esters is 1. The van der Waals surface area contributed by atoms with Gasteiger partial charge in [0.1, 0.15) is 22.5 Å². The second-order valence-corrected chi connectivity index (χ2v) is 5.47. The number of rotatable bonds is 5. The second-order valence-electron chi connectivity index (χ2n) is 5.47. The summed E-state index contributed by atoms with van der Waals surface area (Å²) in [6.07, 6.45) is 0.483. The van der Waals surface area contributed by atoms with E-state index in [1.54, 1.807) is 30.3 Å². The van der Waals surface area contributed by atoms with Gasteiger partial charge >= 0.3 is 11.6 Å². The third-order valence-electron chi connectivity index (χ3n) is 3.79. The Morgan fingerprint density at radius 3 is 2.56 bits per heavy atom. The zero-order chi connectivity index (χ0) is 17.8. The van der Waals surface area contributed by atoms with Crippen molar-refractivity contribution in [1.29, 1.82) is 0 Å². The highest BCUT2D eigenvalue weighted by Crippen LogP contribution is 2.33. The van der Waals surface area contributed by atoms with Crippen LogP contribution in [0.1, 0.15) is 22.3 Å². The number of benzene rings is 2. The first-order valence-corrected chi connectivity index (χ1v) is 7.76. The SMILES string of the molecule is O=C(OCCCc1c(O)c2c(O)cccc2oc1=O)c1ccccc1. The third-order valence-corrected chi connectivity index (χ3v) is 3.79. The molecule has 3 aromatic rings. The molecule has 0 atom stereocenters. The highest BCUT2D eigenvalue weighted by Gasteiger charge is 2.16. The first kappa shape index (κ1) is 16.6. The Hall–Kier alpha value is -3.28. The molecule has 2 aromatic carbocycles. The molecule has 0 radical (unpaired) electrons. The molecule has 3 rings (SSSR count).